The highest BCUT2D eigenvalue weighted by atomic mass is 31.1. The SMILES string of the molecule is CCCCC=CPc1ccccc1. The summed E-state index contributed by atoms with van der Waals surface area (Å²) in [4.78, 5) is 0. The summed E-state index contributed by atoms with van der Waals surface area (Å²) >= 11 is 0. The summed E-state index contributed by atoms with van der Waals surface area (Å²) in [6.07, 6.45) is 6.14. The molecule has 0 aliphatic carbocycles. The van der Waals surface area contributed by atoms with Gasteiger partial charge in [-0.1, -0.05) is 70.6 Å². The minimum Gasteiger partial charge on any atom is -0.0840 e. The van der Waals surface area contributed by atoms with Crippen LogP contribution in [0.4, 0.5) is 0 Å². The summed E-state index contributed by atoms with van der Waals surface area (Å²) in [6, 6.07) is 10.6. The molecule has 0 spiro atoms. The Balaban J connectivity index is 2.23. The highest BCUT2D eigenvalue weighted by molar-refractivity contribution is 7.50. The Morgan fingerprint density at radius 1 is 1.23 bits per heavy atom. The minimum absolute atomic E-state index is 0.835. The summed E-state index contributed by atoms with van der Waals surface area (Å²) in [6.45, 7) is 2.23. The van der Waals surface area contributed by atoms with Crippen LogP contribution >= 0.6 is 8.58 Å². The lowest BCUT2D eigenvalue weighted by atomic mass is 10.2. The lowest BCUT2D eigenvalue weighted by Gasteiger charge is -1.94. The van der Waals surface area contributed by atoms with E-state index in [1.165, 1.54) is 24.6 Å². The molecule has 0 fully saturated rings. The van der Waals surface area contributed by atoms with Gasteiger partial charge >= 0.3 is 0 Å². The van der Waals surface area contributed by atoms with Crippen LogP contribution in [0.2, 0.25) is 0 Å². The minimum atomic E-state index is 0.835. The number of benzene rings is 1. The molecule has 0 bridgehead atoms. The third kappa shape index (κ3) is 4.85. The van der Waals surface area contributed by atoms with E-state index in [2.05, 4.69) is 49.1 Å². The van der Waals surface area contributed by atoms with Crippen molar-refractivity contribution in [1.82, 2.24) is 0 Å². The molecular formula is C12H17P. The van der Waals surface area contributed by atoms with Crippen molar-refractivity contribution in [2.75, 3.05) is 0 Å². The molecule has 0 N–H and O–H groups in total. The van der Waals surface area contributed by atoms with Crippen LogP contribution in [-0.2, 0) is 0 Å². The molecule has 0 aliphatic heterocycles. The van der Waals surface area contributed by atoms with Crippen molar-refractivity contribution in [1.29, 1.82) is 0 Å². The Hall–Kier alpha value is -0.610. The van der Waals surface area contributed by atoms with E-state index in [-0.39, 0.29) is 0 Å². The molecule has 0 nitrogen and oxygen atoms in total. The van der Waals surface area contributed by atoms with Gasteiger partial charge in [0.25, 0.3) is 0 Å². The molecule has 0 saturated carbocycles. The first kappa shape index (κ1) is 10.5. The third-order valence-electron chi connectivity index (χ3n) is 1.87. The van der Waals surface area contributed by atoms with Crippen LogP contribution in [-0.4, -0.2) is 0 Å². The van der Waals surface area contributed by atoms with Crippen molar-refractivity contribution in [2.24, 2.45) is 0 Å². The van der Waals surface area contributed by atoms with Crippen molar-refractivity contribution >= 4 is 13.9 Å². The molecule has 0 amide bonds. The zero-order valence-electron chi connectivity index (χ0n) is 8.16. The molecule has 1 unspecified atom stereocenters. The normalized spacial score (nSPS) is 11.8. The highest BCUT2D eigenvalue weighted by Gasteiger charge is 1.84. The van der Waals surface area contributed by atoms with Crippen LogP contribution in [0.1, 0.15) is 26.2 Å². The van der Waals surface area contributed by atoms with Crippen LogP contribution in [0.3, 0.4) is 0 Å². The van der Waals surface area contributed by atoms with Crippen LogP contribution in [0.25, 0.3) is 0 Å². The van der Waals surface area contributed by atoms with E-state index in [9.17, 15) is 0 Å². The molecule has 1 aromatic rings. The van der Waals surface area contributed by atoms with Gasteiger partial charge in [-0.25, -0.2) is 0 Å². The van der Waals surface area contributed by atoms with E-state index in [0.717, 1.165) is 8.58 Å². The van der Waals surface area contributed by atoms with Crippen molar-refractivity contribution in [3.8, 4) is 0 Å². The van der Waals surface area contributed by atoms with Gasteiger partial charge in [0.2, 0.25) is 0 Å². The Morgan fingerprint density at radius 2 is 2.00 bits per heavy atom. The molecule has 1 atom stereocenters. The summed E-state index contributed by atoms with van der Waals surface area (Å²) in [5, 5.41) is 1.43. The molecule has 13 heavy (non-hydrogen) atoms. The Kier molecular flexibility index (Phi) is 5.52. The lowest BCUT2D eigenvalue weighted by Crippen LogP contribution is -1.87. The topological polar surface area (TPSA) is 0 Å². The highest BCUT2D eigenvalue weighted by Crippen LogP contribution is 2.12. The molecule has 1 heteroatoms. The molecule has 0 radical (unpaired) electrons. The fourth-order valence-corrected chi connectivity index (χ4v) is 1.96. The average Bonchev–Trinajstić information content (AvgIpc) is 2.19. The van der Waals surface area contributed by atoms with Crippen molar-refractivity contribution < 1.29 is 0 Å². The van der Waals surface area contributed by atoms with Gasteiger partial charge in [-0.15, -0.1) is 0 Å². The zero-order valence-corrected chi connectivity index (χ0v) is 9.16. The fourth-order valence-electron chi connectivity index (χ4n) is 1.09. The molecule has 70 valence electrons. The summed E-state index contributed by atoms with van der Waals surface area (Å²) in [7, 11) is 0.835. The Labute approximate surface area is 82.8 Å². The maximum atomic E-state index is 2.30. The van der Waals surface area contributed by atoms with E-state index < -0.39 is 0 Å². The largest absolute Gasteiger partial charge is 0.0840 e. The zero-order chi connectivity index (χ0) is 9.36. The van der Waals surface area contributed by atoms with Crippen LogP contribution in [0.5, 0.6) is 0 Å². The first-order valence-corrected chi connectivity index (χ1v) is 5.98. The van der Waals surface area contributed by atoms with Crippen LogP contribution < -0.4 is 5.30 Å². The van der Waals surface area contributed by atoms with Crippen molar-refractivity contribution in [3.63, 3.8) is 0 Å². The average molecular weight is 192 g/mol. The van der Waals surface area contributed by atoms with Crippen LogP contribution in [0, 0.1) is 0 Å². The Morgan fingerprint density at radius 3 is 2.69 bits per heavy atom. The second-order valence-electron chi connectivity index (χ2n) is 3.05. The van der Waals surface area contributed by atoms with Gasteiger partial charge in [-0.05, 0) is 11.7 Å². The van der Waals surface area contributed by atoms with Gasteiger partial charge in [-0.3, -0.25) is 0 Å². The number of rotatable bonds is 5. The molecule has 0 aliphatic rings. The van der Waals surface area contributed by atoms with Gasteiger partial charge in [0.15, 0.2) is 0 Å². The molecule has 1 rings (SSSR count). The lowest BCUT2D eigenvalue weighted by molar-refractivity contribution is 0.815. The summed E-state index contributed by atoms with van der Waals surface area (Å²) in [5.41, 5.74) is 0. The standard InChI is InChI=1S/C12H17P/c1-2-3-4-8-11-13-12-9-6-5-7-10-12/h5-11,13H,2-4H2,1H3. The van der Waals surface area contributed by atoms with E-state index in [1.807, 2.05) is 0 Å². The van der Waals surface area contributed by atoms with Gasteiger partial charge in [0.1, 0.15) is 0 Å². The quantitative estimate of drug-likeness (QED) is 0.493. The second kappa shape index (κ2) is 6.86. The monoisotopic (exact) mass is 192 g/mol. The predicted molar refractivity (Wildman–Crippen MR) is 63.1 cm³/mol. The van der Waals surface area contributed by atoms with Gasteiger partial charge in [0, 0.05) is 0 Å². The second-order valence-corrected chi connectivity index (χ2v) is 4.25. The Bertz CT molecular complexity index is 239. The molecule has 0 saturated heterocycles. The van der Waals surface area contributed by atoms with Crippen molar-refractivity contribution in [2.45, 2.75) is 26.2 Å². The molecule has 0 aromatic heterocycles. The number of hydrogen-bond donors (Lipinski definition) is 0. The predicted octanol–water partition coefficient (Wildman–Crippen LogP) is 3.69. The number of unbranched alkanes of at least 4 members (excludes halogenated alkanes) is 2. The molecule has 1 aromatic carbocycles. The molecule has 0 heterocycles. The number of hydrogen-bond acceptors (Lipinski definition) is 0. The smallest absolute Gasteiger partial charge is 0.0232 e. The van der Waals surface area contributed by atoms with E-state index in [1.54, 1.807) is 0 Å². The van der Waals surface area contributed by atoms with Gasteiger partial charge in [0.05, 0.1) is 0 Å². The van der Waals surface area contributed by atoms with Gasteiger partial charge in [-0.2, -0.15) is 0 Å². The summed E-state index contributed by atoms with van der Waals surface area (Å²) in [5.74, 6) is 2.30. The first-order chi connectivity index (χ1) is 6.43. The van der Waals surface area contributed by atoms with Crippen molar-refractivity contribution in [3.05, 3.63) is 42.2 Å². The van der Waals surface area contributed by atoms with E-state index >= 15 is 0 Å². The van der Waals surface area contributed by atoms with Gasteiger partial charge < -0.3 is 0 Å². The summed E-state index contributed by atoms with van der Waals surface area (Å²) < 4.78 is 0. The first-order valence-electron chi connectivity index (χ1n) is 4.90. The maximum absolute atomic E-state index is 2.30. The number of allylic oxidation sites excluding steroid dienone is 1. The maximum Gasteiger partial charge on any atom is -0.0232 e. The van der Waals surface area contributed by atoms with E-state index in [0.29, 0.717) is 0 Å². The fraction of sp³-hybridized carbons (Fsp3) is 0.333. The third-order valence-corrected chi connectivity index (χ3v) is 2.94. The van der Waals surface area contributed by atoms with Crippen LogP contribution in [0.15, 0.2) is 42.2 Å². The molecular weight excluding hydrogens is 175 g/mol. The van der Waals surface area contributed by atoms with E-state index in [4.69, 9.17) is 0 Å².